The highest BCUT2D eigenvalue weighted by Crippen LogP contribution is 2.34. The van der Waals surface area contributed by atoms with E-state index in [1.54, 1.807) is 6.07 Å². The first-order chi connectivity index (χ1) is 9.59. The fraction of sp³-hybridized carbons (Fsp3) is 0.625. The lowest BCUT2D eigenvalue weighted by molar-refractivity contribution is 0.322. The Bertz CT molecular complexity index is 630. The van der Waals surface area contributed by atoms with Crippen molar-refractivity contribution in [2.24, 2.45) is 0 Å². The molecule has 0 aliphatic carbocycles. The van der Waals surface area contributed by atoms with Gasteiger partial charge in [0.25, 0.3) is 0 Å². The summed E-state index contributed by atoms with van der Waals surface area (Å²) in [5.74, 6) is -0.0857. The van der Waals surface area contributed by atoms with Gasteiger partial charge in [0.2, 0.25) is 0 Å². The van der Waals surface area contributed by atoms with E-state index in [2.05, 4.69) is 4.90 Å². The topological polar surface area (TPSA) is 57.6 Å². The molecule has 6 heteroatoms. The van der Waals surface area contributed by atoms with Crippen LogP contribution in [0.2, 0.25) is 0 Å². The van der Waals surface area contributed by atoms with Gasteiger partial charge in [-0.1, -0.05) is 26.8 Å². The molecule has 0 unspecified atom stereocenters. The predicted octanol–water partition coefficient (Wildman–Crippen LogP) is 3.11. The molecule has 0 bridgehead atoms. The molecule has 0 radical (unpaired) electrons. The highest BCUT2D eigenvalue weighted by Gasteiger charge is 2.24. The summed E-state index contributed by atoms with van der Waals surface area (Å²) in [6, 6.07) is 3.56. The van der Waals surface area contributed by atoms with Gasteiger partial charge in [-0.25, -0.2) is 8.42 Å². The number of aromatic hydroxyl groups is 1. The zero-order chi connectivity index (χ0) is 15.8. The summed E-state index contributed by atoms with van der Waals surface area (Å²) in [7, 11) is -3.44. The van der Waals surface area contributed by atoms with E-state index >= 15 is 0 Å². The lowest BCUT2D eigenvalue weighted by Gasteiger charge is -2.23. The Hall–Kier alpha value is -0.780. The number of likely N-dealkylation sites (tertiary alicyclic amines) is 1. The SMILES string of the molecule is CC(C)(C)c1cc(CN2CCCC2)c(O)c(S(C)(=O)=O)c1.Cl. The molecule has 0 atom stereocenters. The number of halogens is 1. The van der Waals surface area contributed by atoms with Gasteiger partial charge in [0.15, 0.2) is 9.84 Å². The van der Waals surface area contributed by atoms with Crippen molar-refractivity contribution in [3.63, 3.8) is 0 Å². The number of hydrogen-bond acceptors (Lipinski definition) is 4. The van der Waals surface area contributed by atoms with Gasteiger partial charge in [-0.2, -0.15) is 0 Å². The number of phenols is 1. The van der Waals surface area contributed by atoms with Crippen LogP contribution in [0.1, 0.15) is 44.7 Å². The number of phenolic OH excluding ortho intramolecular Hbond substituents is 1. The molecule has 1 heterocycles. The molecule has 0 saturated carbocycles. The highest BCUT2D eigenvalue weighted by molar-refractivity contribution is 7.90. The zero-order valence-electron chi connectivity index (χ0n) is 13.7. The molecule has 0 spiro atoms. The Kier molecular flexibility index (Phi) is 5.93. The normalized spacial score (nSPS) is 16.5. The van der Waals surface area contributed by atoms with Crippen LogP contribution in [0.5, 0.6) is 5.75 Å². The van der Waals surface area contributed by atoms with E-state index in [1.807, 2.05) is 26.8 Å². The first-order valence-electron chi connectivity index (χ1n) is 7.38. The van der Waals surface area contributed by atoms with Crippen LogP contribution in [0.3, 0.4) is 0 Å². The van der Waals surface area contributed by atoms with Gasteiger partial charge in [0, 0.05) is 18.4 Å². The van der Waals surface area contributed by atoms with Gasteiger partial charge in [-0.3, -0.25) is 4.90 Å². The molecule has 0 aromatic heterocycles. The quantitative estimate of drug-likeness (QED) is 0.912. The molecule has 4 nitrogen and oxygen atoms in total. The monoisotopic (exact) mass is 347 g/mol. The number of sulfone groups is 1. The van der Waals surface area contributed by atoms with Gasteiger partial charge in [0.1, 0.15) is 10.6 Å². The van der Waals surface area contributed by atoms with Gasteiger partial charge in [0.05, 0.1) is 0 Å². The van der Waals surface area contributed by atoms with Crippen LogP contribution in [0.4, 0.5) is 0 Å². The first-order valence-corrected chi connectivity index (χ1v) is 9.27. The molecule has 1 aromatic rings. The Morgan fingerprint density at radius 1 is 1.18 bits per heavy atom. The minimum atomic E-state index is -3.44. The minimum Gasteiger partial charge on any atom is -0.506 e. The van der Waals surface area contributed by atoms with Crippen molar-refractivity contribution in [3.05, 3.63) is 23.3 Å². The van der Waals surface area contributed by atoms with E-state index in [0.29, 0.717) is 12.1 Å². The van der Waals surface area contributed by atoms with E-state index in [0.717, 1.165) is 24.9 Å². The molecule has 1 fully saturated rings. The van der Waals surface area contributed by atoms with Gasteiger partial charge in [-0.15, -0.1) is 12.4 Å². The molecular formula is C16H26ClNO3S. The van der Waals surface area contributed by atoms with Crippen LogP contribution < -0.4 is 0 Å². The summed E-state index contributed by atoms with van der Waals surface area (Å²) in [6.07, 6.45) is 3.48. The van der Waals surface area contributed by atoms with Crippen molar-refractivity contribution >= 4 is 22.2 Å². The lowest BCUT2D eigenvalue weighted by atomic mass is 9.86. The van der Waals surface area contributed by atoms with Gasteiger partial charge < -0.3 is 5.11 Å². The molecule has 126 valence electrons. The smallest absolute Gasteiger partial charge is 0.179 e. The maximum Gasteiger partial charge on any atom is 0.179 e. The van der Waals surface area contributed by atoms with Crippen LogP contribution >= 0.6 is 12.4 Å². The second-order valence-corrected chi connectivity index (χ2v) is 8.97. The van der Waals surface area contributed by atoms with Crippen LogP contribution in [-0.2, 0) is 21.8 Å². The number of nitrogens with zero attached hydrogens (tertiary/aromatic N) is 1. The fourth-order valence-electron chi connectivity index (χ4n) is 2.68. The van der Waals surface area contributed by atoms with Crippen molar-refractivity contribution in [1.82, 2.24) is 4.90 Å². The third-order valence-electron chi connectivity index (χ3n) is 4.01. The van der Waals surface area contributed by atoms with Crippen LogP contribution in [-0.4, -0.2) is 37.8 Å². The third kappa shape index (κ3) is 4.37. The van der Waals surface area contributed by atoms with Crippen molar-refractivity contribution in [2.75, 3.05) is 19.3 Å². The maximum atomic E-state index is 11.9. The van der Waals surface area contributed by atoms with Crippen molar-refractivity contribution in [2.45, 2.75) is 50.5 Å². The Balaban J connectivity index is 0.00000242. The van der Waals surface area contributed by atoms with E-state index in [9.17, 15) is 13.5 Å². The Labute approximate surface area is 139 Å². The zero-order valence-corrected chi connectivity index (χ0v) is 15.4. The molecule has 1 aliphatic heterocycles. The van der Waals surface area contributed by atoms with E-state index in [4.69, 9.17) is 0 Å². The van der Waals surface area contributed by atoms with Crippen molar-refractivity contribution < 1.29 is 13.5 Å². The number of rotatable bonds is 3. The summed E-state index contributed by atoms with van der Waals surface area (Å²) in [6.45, 7) is 8.76. The van der Waals surface area contributed by atoms with Crippen LogP contribution in [0, 0.1) is 0 Å². The van der Waals surface area contributed by atoms with Gasteiger partial charge >= 0.3 is 0 Å². The minimum absolute atomic E-state index is 0. The average molecular weight is 348 g/mol. The molecule has 22 heavy (non-hydrogen) atoms. The summed E-state index contributed by atoms with van der Waals surface area (Å²) in [5.41, 5.74) is 1.49. The van der Waals surface area contributed by atoms with Crippen molar-refractivity contribution in [3.8, 4) is 5.75 Å². The summed E-state index contributed by atoms with van der Waals surface area (Å²) >= 11 is 0. The van der Waals surface area contributed by atoms with E-state index in [-0.39, 0.29) is 28.5 Å². The molecule has 1 N–H and O–H groups in total. The number of benzene rings is 1. The predicted molar refractivity (Wildman–Crippen MR) is 91.7 cm³/mol. The summed E-state index contributed by atoms with van der Waals surface area (Å²) in [5, 5.41) is 10.4. The molecule has 1 aromatic carbocycles. The fourth-order valence-corrected chi connectivity index (χ4v) is 3.51. The average Bonchev–Trinajstić information content (AvgIpc) is 2.81. The van der Waals surface area contributed by atoms with Gasteiger partial charge in [-0.05, 0) is 43.0 Å². The highest BCUT2D eigenvalue weighted by atomic mass is 35.5. The molecule has 2 rings (SSSR count). The standard InChI is InChI=1S/C16H25NO3S.ClH/c1-16(2,3)13-9-12(11-17-7-5-6-8-17)15(18)14(10-13)21(4,19)20;/h9-10,18H,5-8,11H2,1-4H3;1H. The summed E-state index contributed by atoms with van der Waals surface area (Å²) < 4.78 is 23.9. The number of hydrogen-bond donors (Lipinski definition) is 1. The van der Waals surface area contributed by atoms with Crippen molar-refractivity contribution in [1.29, 1.82) is 0 Å². The third-order valence-corrected chi connectivity index (χ3v) is 5.12. The first kappa shape index (κ1) is 19.3. The van der Waals surface area contributed by atoms with Crippen LogP contribution in [0.15, 0.2) is 17.0 Å². The lowest BCUT2D eigenvalue weighted by Crippen LogP contribution is -2.20. The molecule has 1 aliphatic rings. The second-order valence-electron chi connectivity index (χ2n) is 6.99. The maximum absolute atomic E-state index is 11.9. The van der Waals surface area contributed by atoms with E-state index < -0.39 is 9.84 Å². The molecule has 0 amide bonds. The Morgan fingerprint density at radius 3 is 2.18 bits per heavy atom. The second kappa shape index (κ2) is 6.77. The van der Waals surface area contributed by atoms with E-state index in [1.165, 1.54) is 12.8 Å². The summed E-state index contributed by atoms with van der Waals surface area (Å²) in [4.78, 5) is 2.30. The molecule has 1 saturated heterocycles. The Morgan fingerprint density at radius 2 is 1.73 bits per heavy atom. The largest absolute Gasteiger partial charge is 0.506 e. The molecular weight excluding hydrogens is 322 g/mol. The van der Waals surface area contributed by atoms with Crippen LogP contribution in [0.25, 0.3) is 0 Å².